The average Bonchev–Trinajstić information content (AvgIpc) is 3.07. The Kier molecular flexibility index (Phi) is 6.89. The van der Waals surface area contributed by atoms with E-state index >= 15 is 0 Å². The van der Waals surface area contributed by atoms with E-state index in [1.807, 2.05) is 13.0 Å². The molecule has 7 heteroatoms. The first-order valence-corrected chi connectivity index (χ1v) is 8.08. The SMILES string of the molecule is COC(=O)c1ccoc1COC(=O)CCCOc1ccc(Cl)c(C)c1. The number of halogens is 1. The van der Waals surface area contributed by atoms with E-state index < -0.39 is 11.9 Å². The first kappa shape index (κ1) is 18.9. The molecule has 0 saturated heterocycles. The van der Waals surface area contributed by atoms with Crippen molar-refractivity contribution in [1.29, 1.82) is 0 Å². The molecule has 0 aliphatic heterocycles. The van der Waals surface area contributed by atoms with E-state index in [4.69, 9.17) is 25.5 Å². The number of hydrogen-bond donors (Lipinski definition) is 0. The van der Waals surface area contributed by atoms with Gasteiger partial charge in [-0.15, -0.1) is 0 Å². The zero-order chi connectivity index (χ0) is 18.2. The van der Waals surface area contributed by atoms with Gasteiger partial charge < -0.3 is 18.6 Å². The number of carbonyl (C=O) groups is 2. The molecule has 0 N–H and O–H groups in total. The summed E-state index contributed by atoms with van der Waals surface area (Å²) in [6.07, 6.45) is 2.04. The van der Waals surface area contributed by atoms with Crippen molar-refractivity contribution in [2.45, 2.75) is 26.4 Å². The maximum Gasteiger partial charge on any atom is 0.341 e. The van der Waals surface area contributed by atoms with Crippen LogP contribution in [0.15, 0.2) is 34.9 Å². The molecule has 25 heavy (non-hydrogen) atoms. The van der Waals surface area contributed by atoms with Gasteiger partial charge in [-0.05, 0) is 43.2 Å². The summed E-state index contributed by atoms with van der Waals surface area (Å²) in [6.45, 7) is 2.15. The molecule has 0 unspecified atom stereocenters. The maximum absolute atomic E-state index is 11.7. The van der Waals surface area contributed by atoms with E-state index in [2.05, 4.69) is 4.74 Å². The van der Waals surface area contributed by atoms with Gasteiger partial charge in [0.15, 0.2) is 5.76 Å². The highest BCUT2D eigenvalue weighted by atomic mass is 35.5. The second-order valence-electron chi connectivity index (χ2n) is 5.27. The minimum atomic E-state index is -0.536. The third kappa shape index (κ3) is 5.53. The zero-order valence-electron chi connectivity index (χ0n) is 14.0. The van der Waals surface area contributed by atoms with Gasteiger partial charge in [-0.25, -0.2) is 4.79 Å². The number of benzene rings is 1. The minimum Gasteiger partial charge on any atom is -0.494 e. The van der Waals surface area contributed by atoms with Crippen molar-refractivity contribution < 1.29 is 28.2 Å². The molecule has 1 heterocycles. The topological polar surface area (TPSA) is 75.0 Å². The highest BCUT2D eigenvalue weighted by Gasteiger charge is 2.16. The maximum atomic E-state index is 11.7. The molecule has 2 rings (SSSR count). The Hall–Kier alpha value is -2.47. The fourth-order valence-corrected chi connectivity index (χ4v) is 2.19. The lowest BCUT2D eigenvalue weighted by Gasteiger charge is -2.08. The van der Waals surface area contributed by atoms with E-state index in [1.165, 1.54) is 19.4 Å². The smallest absolute Gasteiger partial charge is 0.341 e. The number of ether oxygens (including phenoxy) is 3. The molecule has 0 atom stereocenters. The Morgan fingerprint density at radius 2 is 2.04 bits per heavy atom. The Morgan fingerprint density at radius 1 is 1.24 bits per heavy atom. The monoisotopic (exact) mass is 366 g/mol. The van der Waals surface area contributed by atoms with Crippen LogP contribution in [-0.4, -0.2) is 25.7 Å². The average molecular weight is 367 g/mol. The summed E-state index contributed by atoms with van der Waals surface area (Å²) in [5.41, 5.74) is 1.18. The molecule has 0 fully saturated rings. The predicted molar refractivity (Wildman–Crippen MR) is 90.8 cm³/mol. The van der Waals surface area contributed by atoms with Crippen LogP contribution in [0.1, 0.15) is 34.5 Å². The van der Waals surface area contributed by atoms with Crippen LogP contribution in [0.2, 0.25) is 5.02 Å². The van der Waals surface area contributed by atoms with Crippen molar-refractivity contribution >= 4 is 23.5 Å². The second kappa shape index (κ2) is 9.13. The normalized spacial score (nSPS) is 10.4. The number of rotatable bonds is 8. The third-order valence-corrected chi connectivity index (χ3v) is 3.86. The molecule has 0 saturated carbocycles. The number of methoxy groups -OCH3 is 1. The quantitative estimate of drug-likeness (QED) is 0.520. The van der Waals surface area contributed by atoms with Gasteiger partial charge in [-0.1, -0.05) is 11.6 Å². The van der Waals surface area contributed by atoms with Crippen LogP contribution in [0.3, 0.4) is 0 Å². The molecule has 0 spiro atoms. The van der Waals surface area contributed by atoms with E-state index in [9.17, 15) is 9.59 Å². The summed E-state index contributed by atoms with van der Waals surface area (Å²) in [5.74, 6) is 0.0243. The summed E-state index contributed by atoms with van der Waals surface area (Å²) < 4.78 is 20.4. The highest BCUT2D eigenvalue weighted by Crippen LogP contribution is 2.21. The van der Waals surface area contributed by atoms with Crippen LogP contribution in [0.25, 0.3) is 0 Å². The summed E-state index contributed by atoms with van der Waals surface area (Å²) >= 11 is 5.95. The molecule has 0 amide bonds. The van der Waals surface area contributed by atoms with Gasteiger partial charge in [-0.3, -0.25) is 4.79 Å². The van der Waals surface area contributed by atoms with Gasteiger partial charge in [-0.2, -0.15) is 0 Å². The molecule has 1 aromatic heterocycles. The van der Waals surface area contributed by atoms with Crippen molar-refractivity contribution in [3.63, 3.8) is 0 Å². The number of aryl methyl sites for hydroxylation is 1. The van der Waals surface area contributed by atoms with Crippen molar-refractivity contribution in [2.24, 2.45) is 0 Å². The van der Waals surface area contributed by atoms with E-state index in [1.54, 1.807) is 12.1 Å². The molecule has 6 nitrogen and oxygen atoms in total. The zero-order valence-corrected chi connectivity index (χ0v) is 14.8. The lowest BCUT2D eigenvalue weighted by atomic mass is 10.2. The first-order chi connectivity index (χ1) is 12.0. The van der Waals surface area contributed by atoms with Gasteiger partial charge in [0, 0.05) is 11.4 Å². The van der Waals surface area contributed by atoms with Crippen LogP contribution in [0.5, 0.6) is 5.75 Å². The molecular formula is C18H19ClO6. The minimum absolute atomic E-state index is 0.118. The number of carbonyl (C=O) groups excluding carboxylic acids is 2. The van der Waals surface area contributed by atoms with Gasteiger partial charge in [0.05, 0.1) is 20.0 Å². The van der Waals surface area contributed by atoms with E-state index in [-0.39, 0.29) is 24.4 Å². The summed E-state index contributed by atoms with van der Waals surface area (Å²) in [4.78, 5) is 23.2. The third-order valence-electron chi connectivity index (χ3n) is 3.44. The molecule has 2 aromatic rings. The van der Waals surface area contributed by atoms with Crippen molar-refractivity contribution in [3.05, 3.63) is 52.4 Å². The summed E-state index contributed by atoms with van der Waals surface area (Å²) in [5, 5.41) is 0.681. The highest BCUT2D eigenvalue weighted by molar-refractivity contribution is 6.31. The lowest BCUT2D eigenvalue weighted by Crippen LogP contribution is -2.09. The largest absolute Gasteiger partial charge is 0.494 e. The van der Waals surface area contributed by atoms with Crippen molar-refractivity contribution in [2.75, 3.05) is 13.7 Å². The Morgan fingerprint density at radius 3 is 2.76 bits per heavy atom. The second-order valence-corrected chi connectivity index (χ2v) is 5.68. The number of hydrogen-bond acceptors (Lipinski definition) is 6. The molecular weight excluding hydrogens is 348 g/mol. The molecule has 0 aliphatic carbocycles. The van der Waals surface area contributed by atoms with E-state index in [0.717, 1.165) is 5.56 Å². The fourth-order valence-electron chi connectivity index (χ4n) is 2.08. The van der Waals surface area contributed by atoms with Crippen LogP contribution in [-0.2, 0) is 20.9 Å². The van der Waals surface area contributed by atoms with Crippen LogP contribution < -0.4 is 4.74 Å². The Labute approximate surface area is 150 Å². The molecule has 1 aromatic carbocycles. The first-order valence-electron chi connectivity index (χ1n) is 7.70. The Balaban J connectivity index is 1.70. The van der Waals surface area contributed by atoms with E-state index in [0.29, 0.717) is 23.8 Å². The van der Waals surface area contributed by atoms with Crippen LogP contribution in [0.4, 0.5) is 0 Å². The standard InChI is InChI=1S/C18H19ClO6/c1-12-10-13(5-6-15(12)19)23-8-3-4-17(20)25-11-16-14(7-9-24-16)18(21)22-2/h5-7,9-10H,3-4,8,11H2,1-2H3. The Bertz CT molecular complexity index is 737. The van der Waals surface area contributed by atoms with Gasteiger partial charge in [0.1, 0.15) is 17.9 Å². The molecule has 0 radical (unpaired) electrons. The molecule has 134 valence electrons. The van der Waals surface area contributed by atoms with Crippen LogP contribution in [0, 0.1) is 6.92 Å². The number of esters is 2. The summed E-state index contributed by atoms with van der Waals surface area (Å²) in [7, 11) is 1.27. The van der Waals surface area contributed by atoms with Crippen molar-refractivity contribution in [3.8, 4) is 5.75 Å². The summed E-state index contributed by atoms with van der Waals surface area (Å²) in [6, 6.07) is 6.85. The lowest BCUT2D eigenvalue weighted by molar-refractivity contribution is -0.145. The predicted octanol–water partition coefficient (Wildman–Crippen LogP) is 3.93. The fraction of sp³-hybridized carbons (Fsp3) is 0.333. The van der Waals surface area contributed by atoms with Gasteiger partial charge in [0.2, 0.25) is 0 Å². The molecule has 0 bridgehead atoms. The van der Waals surface area contributed by atoms with Crippen molar-refractivity contribution in [1.82, 2.24) is 0 Å². The molecule has 0 aliphatic rings. The number of furan rings is 1. The van der Waals surface area contributed by atoms with Gasteiger partial charge >= 0.3 is 11.9 Å². The van der Waals surface area contributed by atoms with Gasteiger partial charge in [0.25, 0.3) is 0 Å². The van der Waals surface area contributed by atoms with Crippen LogP contribution >= 0.6 is 11.6 Å².